The summed E-state index contributed by atoms with van der Waals surface area (Å²) in [6, 6.07) is 5.70. The Balaban J connectivity index is 2.58. The molecule has 0 spiro atoms. The molecule has 0 atom stereocenters. The fourth-order valence-electron chi connectivity index (χ4n) is 1.85. The molecule has 0 saturated heterocycles. The molecule has 0 N–H and O–H groups in total. The van der Waals surface area contributed by atoms with Crippen LogP contribution in [0.4, 0.5) is 0 Å². The van der Waals surface area contributed by atoms with Crippen molar-refractivity contribution in [2.75, 3.05) is 0 Å². The number of fused-ring (bicyclic) bond motifs is 1. The molecule has 3 heterocycles. The predicted molar refractivity (Wildman–Crippen MR) is 66.3 cm³/mol. The van der Waals surface area contributed by atoms with Crippen LogP contribution in [0.1, 0.15) is 5.56 Å². The third-order valence-corrected chi connectivity index (χ3v) is 3.57. The van der Waals surface area contributed by atoms with Crippen LogP contribution in [-0.2, 0) is 7.05 Å². The van der Waals surface area contributed by atoms with Gasteiger partial charge in [-0.15, -0.1) is 21.5 Å². The molecular weight excluding hydrogens is 250 g/mol. The van der Waals surface area contributed by atoms with Crippen LogP contribution in [-0.4, -0.2) is 19.2 Å². The maximum Gasteiger partial charge on any atom is 0.273 e. The van der Waals surface area contributed by atoms with Crippen molar-refractivity contribution in [3.8, 4) is 16.6 Å². The van der Waals surface area contributed by atoms with Gasteiger partial charge in [-0.05, 0) is 11.4 Å². The predicted octanol–water partition coefficient (Wildman–Crippen LogP) is 1.03. The summed E-state index contributed by atoms with van der Waals surface area (Å²) in [5.41, 5.74) is 0.296. The van der Waals surface area contributed by atoms with Crippen LogP contribution in [0.2, 0.25) is 0 Å². The Kier molecular flexibility index (Phi) is 2.25. The Hall–Kier alpha value is -2.46. The van der Waals surface area contributed by atoms with Crippen LogP contribution in [0.25, 0.3) is 16.3 Å². The van der Waals surface area contributed by atoms with Gasteiger partial charge in [0.25, 0.3) is 5.56 Å². The summed E-state index contributed by atoms with van der Waals surface area (Å²) in [6.07, 6.45) is 1.50. The molecule has 3 aromatic heterocycles. The highest BCUT2D eigenvalue weighted by Gasteiger charge is 2.18. The summed E-state index contributed by atoms with van der Waals surface area (Å²) in [5.74, 6) is 0.419. The quantitative estimate of drug-likeness (QED) is 0.652. The van der Waals surface area contributed by atoms with E-state index in [2.05, 4.69) is 10.2 Å². The second-order valence-electron chi connectivity index (χ2n) is 3.68. The van der Waals surface area contributed by atoms with E-state index in [1.54, 1.807) is 11.4 Å². The molecule has 0 aliphatic carbocycles. The van der Waals surface area contributed by atoms with Gasteiger partial charge in [-0.3, -0.25) is 13.8 Å². The zero-order chi connectivity index (χ0) is 12.7. The second-order valence-corrected chi connectivity index (χ2v) is 4.63. The van der Waals surface area contributed by atoms with E-state index in [9.17, 15) is 10.1 Å². The average molecular weight is 257 g/mol. The van der Waals surface area contributed by atoms with E-state index < -0.39 is 0 Å². The molecule has 3 aromatic rings. The van der Waals surface area contributed by atoms with Crippen molar-refractivity contribution >= 4 is 17.1 Å². The minimum absolute atomic E-state index is 0.104. The lowest BCUT2D eigenvalue weighted by Crippen LogP contribution is -2.23. The first kappa shape index (κ1) is 10.7. The number of rotatable bonds is 1. The fraction of sp³-hybridized carbons (Fsp3) is 0.0909. The third kappa shape index (κ3) is 1.30. The van der Waals surface area contributed by atoms with Gasteiger partial charge in [-0.1, -0.05) is 6.07 Å². The molecule has 18 heavy (non-hydrogen) atoms. The summed E-state index contributed by atoms with van der Waals surface area (Å²) in [4.78, 5) is 12.9. The highest BCUT2D eigenvalue weighted by atomic mass is 32.1. The van der Waals surface area contributed by atoms with Crippen LogP contribution in [0.3, 0.4) is 0 Å². The highest BCUT2D eigenvalue weighted by molar-refractivity contribution is 7.13. The molecule has 3 rings (SSSR count). The van der Waals surface area contributed by atoms with Gasteiger partial charge in [0.1, 0.15) is 18.0 Å². The van der Waals surface area contributed by atoms with Gasteiger partial charge in [-0.25, -0.2) is 0 Å². The first-order chi connectivity index (χ1) is 8.74. The molecule has 0 fully saturated rings. The summed E-state index contributed by atoms with van der Waals surface area (Å²) >= 11 is 1.46. The van der Waals surface area contributed by atoms with Crippen molar-refractivity contribution in [1.29, 1.82) is 5.26 Å². The molecule has 6 nitrogen and oxygen atoms in total. The number of nitriles is 1. The van der Waals surface area contributed by atoms with Gasteiger partial charge in [0.05, 0.1) is 10.6 Å². The number of thiophene rings is 1. The van der Waals surface area contributed by atoms with E-state index in [0.717, 1.165) is 4.88 Å². The maximum absolute atomic E-state index is 12.1. The molecule has 0 radical (unpaired) electrons. The molecular formula is C11H7N5OS. The Labute approximate surface area is 105 Å². The van der Waals surface area contributed by atoms with Crippen molar-refractivity contribution in [1.82, 2.24) is 19.2 Å². The largest absolute Gasteiger partial charge is 0.279 e. The maximum atomic E-state index is 12.1. The number of aryl methyl sites for hydroxylation is 1. The van der Waals surface area contributed by atoms with Gasteiger partial charge < -0.3 is 0 Å². The minimum atomic E-state index is -0.360. The van der Waals surface area contributed by atoms with Crippen LogP contribution >= 0.6 is 11.3 Å². The van der Waals surface area contributed by atoms with Crippen molar-refractivity contribution in [3.63, 3.8) is 0 Å². The van der Waals surface area contributed by atoms with Gasteiger partial charge >= 0.3 is 0 Å². The Morgan fingerprint density at radius 1 is 1.50 bits per heavy atom. The number of nitrogens with zero attached hydrogens (tertiary/aromatic N) is 5. The lowest BCUT2D eigenvalue weighted by atomic mass is 10.2. The van der Waals surface area contributed by atoms with Crippen LogP contribution in [0.15, 0.2) is 28.6 Å². The Bertz CT molecular complexity index is 822. The van der Waals surface area contributed by atoms with Crippen LogP contribution in [0.5, 0.6) is 0 Å². The topological polar surface area (TPSA) is 76.0 Å². The van der Waals surface area contributed by atoms with Crippen molar-refractivity contribution in [2.24, 2.45) is 7.05 Å². The Morgan fingerprint density at radius 3 is 3.00 bits per heavy atom. The minimum Gasteiger partial charge on any atom is -0.279 e. The normalized spacial score (nSPS) is 10.7. The molecule has 0 unspecified atom stereocenters. The highest BCUT2D eigenvalue weighted by Crippen LogP contribution is 2.26. The molecule has 0 amide bonds. The van der Waals surface area contributed by atoms with E-state index in [4.69, 9.17) is 0 Å². The van der Waals surface area contributed by atoms with E-state index in [1.807, 2.05) is 23.6 Å². The van der Waals surface area contributed by atoms with Gasteiger partial charge in [0.15, 0.2) is 0 Å². The van der Waals surface area contributed by atoms with Crippen LogP contribution < -0.4 is 5.56 Å². The molecule has 0 aliphatic heterocycles. The summed E-state index contributed by atoms with van der Waals surface area (Å²) < 4.78 is 2.98. The number of hydrogen-bond donors (Lipinski definition) is 0. The average Bonchev–Trinajstić information content (AvgIpc) is 3.03. The van der Waals surface area contributed by atoms with Crippen molar-refractivity contribution in [2.45, 2.75) is 0 Å². The molecule has 0 aromatic carbocycles. The third-order valence-electron chi connectivity index (χ3n) is 2.69. The molecule has 0 bridgehead atoms. The lowest BCUT2D eigenvalue weighted by Gasteiger charge is -2.07. The van der Waals surface area contributed by atoms with E-state index in [1.165, 1.54) is 22.2 Å². The first-order valence-electron chi connectivity index (χ1n) is 5.10. The van der Waals surface area contributed by atoms with Crippen molar-refractivity contribution in [3.05, 3.63) is 39.8 Å². The molecule has 0 saturated carbocycles. The standard InChI is InChI=1S/C11H7N5OS/c1-15-10(17)7(5-12)9(8-3-2-4-18-8)16-6-13-14-11(15)16/h2-4,6H,1H3. The fourth-order valence-corrected chi connectivity index (χ4v) is 2.62. The number of hydrogen-bond acceptors (Lipinski definition) is 5. The van der Waals surface area contributed by atoms with Gasteiger partial charge in [0.2, 0.25) is 5.78 Å². The number of aromatic nitrogens is 4. The monoisotopic (exact) mass is 257 g/mol. The van der Waals surface area contributed by atoms with E-state index >= 15 is 0 Å². The Morgan fingerprint density at radius 2 is 2.33 bits per heavy atom. The summed E-state index contributed by atoms with van der Waals surface area (Å²) in [6.45, 7) is 0. The molecule has 88 valence electrons. The van der Waals surface area contributed by atoms with Gasteiger partial charge in [0, 0.05) is 7.05 Å². The van der Waals surface area contributed by atoms with Crippen molar-refractivity contribution < 1.29 is 0 Å². The lowest BCUT2D eigenvalue weighted by molar-refractivity contribution is 0.838. The summed E-state index contributed by atoms with van der Waals surface area (Å²) in [5, 5.41) is 18.8. The van der Waals surface area contributed by atoms with E-state index in [0.29, 0.717) is 11.5 Å². The SMILES string of the molecule is Cn1c(=O)c(C#N)c(-c2cccs2)n2cnnc12. The molecule has 7 heteroatoms. The van der Waals surface area contributed by atoms with Crippen LogP contribution in [0, 0.1) is 11.3 Å². The van der Waals surface area contributed by atoms with Gasteiger partial charge in [-0.2, -0.15) is 5.26 Å². The zero-order valence-corrected chi connectivity index (χ0v) is 10.2. The first-order valence-corrected chi connectivity index (χ1v) is 5.98. The molecule has 0 aliphatic rings. The van der Waals surface area contributed by atoms with E-state index in [-0.39, 0.29) is 11.1 Å². The smallest absolute Gasteiger partial charge is 0.273 e. The second kappa shape index (κ2) is 3.78. The zero-order valence-electron chi connectivity index (χ0n) is 9.36. The summed E-state index contributed by atoms with van der Waals surface area (Å²) in [7, 11) is 1.57.